The average Bonchev–Trinajstić information content (AvgIpc) is 3.03. The summed E-state index contributed by atoms with van der Waals surface area (Å²) in [6, 6.07) is 11.3. The molecule has 0 saturated heterocycles. The number of nitrogens with one attached hydrogen (secondary N) is 1. The molecule has 1 aromatic carbocycles. The van der Waals surface area contributed by atoms with E-state index in [0.717, 1.165) is 16.1 Å². The number of benzene rings is 1. The molecule has 3 heterocycles. The molecule has 6 heteroatoms. The Kier molecular flexibility index (Phi) is 3.16. The first-order valence-corrected chi connectivity index (χ1v) is 7.80. The van der Waals surface area contributed by atoms with Crippen molar-refractivity contribution in [2.75, 3.05) is 5.43 Å². The summed E-state index contributed by atoms with van der Waals surface area (Å²) in [6.45, 7) is 1.06. The van der Waals surface area contributed by atoms with Gasteiger partial charge in [0.05, 0.1) is 16.9 Å². The van der Waals surface area contributed by atoms with Crippen LogP contribution in [0.1, 0.15) is 10.4 Å². The quantitative estimate of drug-likeness (QED) is 0.808. The van der Waals surface area contributed by atoms with E-state index >= 15 is 0 Å². The van der Waals surface area contributed by atoms with Gasteiger partial charge >= 0.3 is 0 Å². The summed E-state index contributed by atoms with van der Waals surface area (Å²) in [6.07, 6.45) is 1.72. The molecule has 0 unspecified atom stereocenters. The molecule has 0 aliphatic carbocycles. The molecule has 1 aliphatic heterocycles. The Hall–Kier alpha value is -2.60. The van der Waals surface area contributed by atoms with Crippen LogP contribution in [-0.4, -0.2) is 9.66 Å². The van der Waals surface area contributed by atoms with Gasteiger partial charge in [-0.15, -0.1) is 11.3 Å². The second-order valence-electron chi connectivity index (χ2n) is 4.96. The third kappa shape index (κ3) is 2.17. The molecule has 4 rings (SSSR count). The minimum Gasteiger partial charge on any atom is -0.483 e. The molecule has 1 N–H and O–H groups in total. The Morgan fingerprint density at radius 1 is 1.27 bits per heavy atom. The van der Waals surface area contributed by atoms with E-state index in [9.17, 15) is 4.79 Å². The highest BCUT2D eigenvalue weighted by Gasteiger charge is 2.23. The molecule has 5 nitrogen and oxygen atoms in total. The molecule has 0 spiro atoms. The zero-order valence-corrected chi connectivity index (χ0v) is 12.5. The van der Waals surface area contributed by atoms with Crippen molar-refractivity contribution >= 4 is 11.3 Å². The zero-order valence-electron chi connectivity index (χ0n) is 11.7. The molecule has 110 valence electrons. The molecule has 0 saturated carbocycles. The van der Waals surface area contributed by atoms with Crippen LogP contribution in [0.2, 0.25) is 0 Å². The molecule has 0 amide bonds. The lowest BCUT2D eigenvalue weighted by molar-refractivity contribution is 0.302. The number of rotatable bonds is 3. The van der Waals surface area contributed by atoms with Crippen LogP contribution in [0.3, 0.4) is 0 Å². The van der Waals surface area contributed by atoms with Crippen LogP contribution in [0.4, 0.5) is 0 Å². The fourth-order valence-corrected chi connectivity index (χ4v) is 3.18. The zero-order chi connectivity index (χ0) is 14.9. The summed E-state index contributed by atoms with van der Waals surface area (Å²) in [7, 11) is 0. The van der Waals surface area contributed by atoms with Crippen LogP contribution in [-0.2, 0) is 13.2 Å². The van der Waals surface area contributed by atoms with Gasteiger partial charge in [0.2, 0.25) is 5.43 Å². The number of pyridine rings is 1. The molecular formula is C16H13N3O2S. The third-order valence-corrected chi connectivity index (χ3v) is 4.39. The van der Waals surface area contributed by atoms with E-state index in [0.29, 0.717) is 24.6 Å². The monoisotopic (exact) mass is 311 g/mol. The van der Waals surface area contributed by atoms with Gasteiger partial charge in [-0.25, -0.2) is 4.98 Å². The van der Waals surface area contributed by atoms with Gasteiger partial charge in [-0.2, -0.15) is 0 Å². The lowest BCUT2D eigenvalue weighted by Gasteiger charge is -2.22. The molecular weight excluding hydrogens is 298 g/mol. The van der Waals surface area contributed by atoms with Gasteiger partial charge in [-0.1, -0.05) is 30.3 Å². The largest absolute Gasteiger partial charge is 0.483 e. The van der Waals surface area contributed by atoms with Crippen molar-refractivity contribution in [1.82, 2.24) is 9.66 Å². The number of aromatic nitrogens is 2. The maximum atomic E-state index is 12.3. The second kappa shape index (κ2) is 5.31. The first kappa shape index (κ1) is 13.1. The molecule has 0 radical (unpaired) electrons. The summed E-state index contributed by atoms with van der Waals surface area (Å²) in [5.41, 5.74) is 7.44. The number of thiazole rings is 1. The normalized spacial score (nSPS) is 12.2. The van der Waals surface area contributed by atoms with E-state index < -0.39 is 0 Å². The standard InChI is InChI=1S/C16H13N3O2S/c20-12-6-7-19-15(14-13(8-18-19)22-10-17-14)16(12)21-9-11-4-2-1-3-5-11/h1-7,10,18H,8-9H2. The smallest absolute Gasteiger partial charge is 0.224 e. The van der Waals surface area contributed by atoms with Gasteiger partial charge in [-0.3, -0.25) is 9.47 Å². The van der Waals surface area contributed by atoms with Crippen molar-refractivity contribution in [2.24, 2.45) is 0 Å². The third-order valence-electron chi connectivity index (χ3n) is 3.56. The van der Waals surface area contributed by atoms with Gasteiger partial charge in [0, 0.05) is 12.3 Å². The minimum absolute atomic E-state index is 0.134. The van der Waals surface area contributed by atoms with Crippen LogP contribution >= 0.6 is 11.3 Å². The van der Waals surface area contributed by atoms with E-state index in [1.165, 1.54) is 6.07 Å². The summed E-state index contributed by atoms with van der Waals surface area (Å²) in [5, 5.41) is 0. The summed E-state index contributed by atoms with van der Waals surface area (Å²) < 4.78 is 7.65. The van der Waals surface area contributed by atoms with Crippen molar-refractivity contribution in [3.05, 3.63) is 68.8 Å². The van der Waals surface area contributed by atoms with Crippen molar-refractivity contribution in [3.8, 4) is 17.1 Å². The van der Waals surface area contributed by atoms with E-state index in [2.05, 4.69) is 10.4 Å². The van der Waals surface area contributed by atoms with Crippen LogP contribution < -0.4 is 15.6 Å². The maximum Gasteiger partial charge on any atom is 0.224 e. The number of ether oxygens (including phenoxy) is 1. The Morgan fingerprint density at radius 2 is 2.14 bits per heavy atom. The molecule has 0 fully saturated rings. The molecule has 0 bridgehead atoms. The highest BCUT2D eigenvalue weighted by atomic mass is 32.1. The van der Waals surface area contributed by atoms with Gasteiger partial charge in [-0.05, 0) is 5.56 Å². The molecule has 2 aromatic heterocycles. The number of nitrogens with zero attached hydrogens (tertiary/aromatic N) is 2. The first-order valence-electron chi connectivity index (χ1n) is 6.92. The average molecular weight is 311 g/mol. The Labute approximate surface area is 130 Å². The summed E-state index contributed by atoms with van der Waals surface area (Å²) in [4.78, 5) is 17.8. The second-order valence-corrected chi connectivity index (χ2v) is 5.90. The molecule has 3 aromatic rings. The fraction of sp³-hybridized carbons (Fsp3) is 0.125. The lowest BCUT2D eigenvalue weighted by atomic mass is 10.2. The minimum atomic E-state index is -0.134. The van der Waals surface area contributed by atoms with Gasteiger partial charge in [0.15, 0.2) is 5.75 Å². The predicted molar refractivity (Wildman–Crippen MR) is 85.6 cm³/mol. The van der Waals surface area contributed by atoms with Gasteiger partial charge in [0.25, 0.3) is 0 Å². The highest BCUT2D eigenvalue weighted by Crippen LogP contribution is 2.33. The summed E-state index contributed by atoms with van der Waals surface area (Å²) in [5.74, 6) is 0.339. The SMILES string of the molecule is O=c1ccn2c(c1OCc1ccccc1)-c1ncsc1CN2. The van der Waals surface area contributed by atoms with E-state index in [1.54, 1.807) is 23.0 Å². The molecule has 1 aliphatic rings. The van der Waals surface area contributed by atoms with E-state index in [-0.39, 0.29) is 5.43 Å². The number of fused-ring (bicyclic) bond motifs is 3. The lowest BCUT2D eigenvalue weighted by Crippen LogP contribution is -2.25. The van der Waals surface area contributed by atoms with E-state index in [1.807, 2.05) is 35.0 Å². The van der Waals surface area contributed by atoms with Crippen molar-refractivity contribution in [3.63, 3.8) is 0 Å². The van der Waals surface area contributed by atoms with Gasteiger partial charge in [0.1, 0.15) is 18.0 Å². The Balaban J connectivity index is 1.76. The highest BCUT2D eigenvalue weighted by molar-refractivity contribution is 7.10. The number of hydrogen-bond donors (Lipinski definition) is 1. The van der Waals surface area contributed by atoms with Crippen molar-refractivity contribution in [1.29, 1.82) is 0 Å². The fourth-order valence-electron chi connectivity index (χ4n) is 2.49. The summed E-state index contributed by atoms with van der Waals surface area (Å²) >= 11 is 1.57. The Bertz CT molecular complexity index is 871. The first-order chi connectivity index (χ1) is 10.8. The Morgan fingerprint density at radius 3 is 3.00 bits per heavy atom. The van der Waals surface area contributed by atoms with Crippen LogP contribution in [0.5, 0.6) is 5.75 Å². The van der Waals surface area contributed by atoms with E-state index in [4.69, 9.17) is 4.74 Å². The van der Waals surface area contributed by atoms with Crippen molar-refractivity contribution < 1.29 is 4.74 Å². The van der Waals surface area contributed by atoms with Crippen LogP contribution in [0.15, 0.2) is 52.9 Å². The maximum absolute atomic E-state index is 12.3. The number of hydrogen-bond acceptors (Lipinski definition) is 5. The van der Waals surface area contributed by atoms with Gasteiger partial charge < -0.3 is 10.2 Å². The topological polar surface area (TPSA) is 56.2 Å². The van der Waals surface area contributed by atoms with Crippen LogP contribution in [0.25, 0.3) is 11.4 Å². The predicted octanol–water partition coefficient (Wildman–Crippen LogP) is 2.61. The van der Waals surface area contributed by atoms with Crippen LogP contribution in [0, 0.1) is 0 Å². The molecule has 0 atom stereocenters. The molecule has 22 heavy (non-hydrogen) atoms. The van der Waals surface area contributed by atoms with Crippen molar-refractivity contribution in [2.45, 2.75) is 13.2 Å².